The quantitative estimate of drug-likeness (QED) is 0.801. The molecular formula is C12H15NO2. The van der Waals surface area contributed by atoms with Crippen LogP contribution >= 0.6 is 0 Å². The van der Waals surface area contributed by atoms with Crippen LogP contribution in [0.15, 0.2) is 24.3 Å². The van der Waals surface area contributed by atoms with Gasteiger partial charge >= 0.3 is 0 Å². The van der Waals surface area contributed by atoms with Crippen molar-refractivity contribution in [2.75, 3.05) is 19.8 Å². The van der Waals surface area contributed by atoms with E-state index in [0.717, 1.165) is 30.1 Å². The van der Waals surface area contributed by atoms with Gasteiger partial charge in [0.1, 0.15) is 0 Å². The van der Waals surface area contributed by atoms with E-state index >= 15 is 0 Å². The van der Waals surface area contributed by atoms with Crippen LogP contribution in [0.1, 0.15) is 12.0 Å². The molecule has 0 amide bonds. The van der Waals surface area contributed by atoms with E-state index in [1.807, 2.05) is 30.4 Å². The van der Waals surface area contributed by atoms with Crippen LogP contribution in [-0.4, -0.2) is 19.8 Å². The fourth-order valence-electron chi connectivity index (χ4n) is 1.54. The molecule has 0 radical (unpaired) electrons. The van der Waals surface area contributed by atoms with Crippen LogP contribution in [0.25, 0.3) is 6.08 Å². The number of hydrogen-bond donors (Lipinski definition) is 1. The number of nitrogens with two attached hydrogens (primary N) is 1. The first-order valence-corrected chi connectivity index (χ1v) is 5.17. The van der Waals surface area contributed by atoms with Gasteiger partial charge in [-0.25, -0.2) is 0 Å². The van der Waals surface area contributed by atoms with Crippen LogP contribution in [0, 0.1) is 0 Å². The Morgan fingerprint density at radius 3 is 3.00 bits per heavy atom. The predicted molar refractivity (Wildman–Crippen MR) is 60.1 cm³/mol. The lowest BCUT2D eigenvalue weighted by Crippen LogP contribution is -1.98. The lowest BCUT2D eigenvalue weighted by Gasteiger charge is -2.09. The molecule has 1 aromatic rings. The lowest BCUT2D eigenvalue weighted by molar-refractivity contribution is 0.296. The Labute approximate surface area is 89.5 Å². The monoisotopic (exact) mass is 205 g/mol. The molecule has 0 saturated heterocycles. The van der Waals surface area contributed by atoms with Crippen molar-refractivity contribution in [2.24, 2.45) is 5.73 Å². The molecule has 3 nitrogen and oxygen atoms in total. The average Bonchev–Trinajstić information content (AvgIpc) is 2.51. The van der Waals surface area contributed by atoms with Crippen molar-refractivity contribution < 1.29 is 9.47 Å². The molecule has 15 heavy (non-hydrogen) atoms. The molecule has 0 spiro atoms. The topological polar surface area (TPSA) is 44.5 Å². The van der Waals surface area contributed by atoms with Crippen molar-refractivity contribution in [2.45, 2.75) is 6.42 Å². The molecule has 80 valence electrons. The van der Waals surface area contributed by atoms with Crippen LogP contribution in [0.5, 0.6) is 11.5 Å². The van der Waals surface area contributed by atoms with Gasteiger partial charge in [-0.3, -0.25) is 0 Å². The molecule has 1 aromatic carbocycles. The molecule has 1 heterocycles. The molecule has 0 bridgehead atoms. The number of rotatable bonds is 2. The number of ether oxygens (including phenoxy) is 2. The van der Waals surface area contributed by atoms with Gasteiger partial charge in [-0.2, -0.15) is 0 Å². The van der Waals surface area contributed by atoms with E-state index in [2.05, 4.69) is 0 Å². The third-order valence-electron chi connectivity index (χ3n) is 2.24. The first-order valence-electron chi connectivity index (χ1n) is 5.17. The van der Waals surface area contributed by atoms with Gasteiger partial charge in [0.25, 0.3) is 0 Å². The van der Waals surface area contributed by atoms with E-state index in [-0.39, 0.29) is 0 Å². The molecule has 0 atom stereocenters. The van der Waals surface area contributed by atoms with Gasteiger partial charge < -0.3 is 15.2 Å². The van der Waals surface area contributed by atoms with E-state index in [1.165, 1.54) is 0 Å². The zero-order valence-electron chi connectivity index (χ0n) is 8.61. The minimum absolute atomic E-state index is 0.532. The summed E-state index contributed by atoms with van der Waals surface area (Å²) in [6.45, 7) is 1.96. The minimum atomic E-state index is 0.532. The molecule has 2 rings (SSSR count). The Hall–Kier alpha value is -1.48. The second-order valence-electron chi connectivity index (χ2n) is 3.36. The Morgan fingerprint density at radius 1 is 1.27 bits per heavy atom. The van der Waals surface area contributed by atoms with Crippen molar-refractivity contribution in [1.82, 2.24) is 0 Å². The first kappa shape index (κ1) is 10.1. The van der Waals surface area contributed by atoms with Crippen molar-refractivity contribution in [3.63, 3.8) is 0 Å². The molecule has 0 aliphatic carbocycles. The molecule has 0 saturated carbocycles. The molecule has 2 N–H and O–H groups in total. The van der Waals surface area contributed by atoms with Gasteiger partial charge in [-0.05, 0) is 6.07 Å². The zero-order chi connectivity index (χ0) is 10.5. The maximum Gasteiger partial charge on any atom is 0.168 e. The summed E-state index contributed by atoms with van der Waals surface area (Å²) < 4.78 is 11.2. The highest BCUT2D eigenvalue weighted by Gasteiger charge is 2.12. The summed E-state index contributed by atoms with van der Waals surface area (Å²) in [5.41, 5.74) is 6.45. The smallest absolute Gasteiger partial charge is 0.168 e. The van der Waals surface area contributed by atoms with E-state index in [4.69, 9.17) is 15.2 Å². The molecular weight excluding hydrogens is 190 g/mol. The van der Waals surface area contributed by atoms with E-state index in [1.54, 1.807) is 0 Å². The third-order valence-corrected chi connectivity index (χ3v) is 2.24. The largest absolute Gasteiger partial charge is 0.490 e. The van der Waals surface area contributed by atoms with Crippen LogP contribution in [0.2, 0.25) is 0 Å². The summed E-state index contributed by atoms with van der Waals surface area (Å²) in [5.74, 6) is 1.66. The summed E-state index contributed by atoms with van der Waals surface area (Å²) in [6.07, 6.45) is 4.80. The average molecular weight is 205 g/mol. The Morgan fingerprint density at radius 2 is 2.13 bits per heavy atom. The minimum Gasteiger partial charge on any atom is -0.490 e. The number of fused-ring (bicyclic) bond motifs is 1. The van der Waals surface area contributed by atoms with E-state index in [0.29, 0.717) is 13.2 Å². The molecule has 0 unspecified atom stereocenters. The van der Waals surface area contributed by atoms with Gasteiger partial charge in [0.15, 0.2) is 11.5 Å². The molecule has 3 heteroatoms. The van der Waals surface area contributed by atoms with Crippen molar-refractivity contribution >= 4 is 6.08 Å². The normalized spacial score (nSPS) is 15.3. The van der Waals surface area contributed by atoms with Crippen LogP contribution < -0.4 is 15.2 Å². The maximum absolute atomic E-state index is 5.66. The van der Waals surface area contributed by atoms with Crippen LogP contribution in [-0.2, 0) is 0 Å². The van der Waals surface area contributed by atoms with Crippen molar-refractivity contribution in [1.29, 1.82) is 0 Å². The number of para-hydroxylation sites is 1. The van der Waals surface area contributed by atoms with Gasteiger partial charge in [0.2, 0.25) is 0 Å². The molecule has 1 aliphatic heterocycles. The van der Waals surface area contributed by atoms with Gasteiger partial charge in [-0.1, -0.05) is 24.3 Å². The Kier molecular flexibility index (Phi) is 3.25. The maximum atomic E-state index is 5.66. The van der Waals surface area contributed by atoms with Crippen molar-refractivity contribution in [3.05, 3.63) is 29.8 Å². The van der Waals surface area contributed by atoms with Crippen LogP contribution in [0.3, 0.4) is 0 Å². The second kappa shape index (κ2) is 4.84. The van der Waals surface area contributed by atoms with Crippen LogP contribution in [0.4, 0.5) is 0 Å². The fraction of sp³-hybridized carbons (Fsp3) is 0.333. The summed E-state index contributed by atoms with van der Waals surface area (Å²) in [6, 6.07) is 5.89. The Balaban J connectivity index is 2.34. The number of hydrogen-bond acceptors (Lipinski definition) is 3. The van der Waals surface area contributed by atoms with Gasteiger partial charge in [-0.15, -0.1) is 0 Å². The molecule has 0 aromatic heterocycles. The summed E-state index contributed by atoms with van der Waals surface area (Å²) in [7, 11) is 0. The summed E-state index contributed by atoms with van der Waals surface area (Å²) in [5, 5.41) is 0. The Bertz CT molecular complexity index is 361. The van der Waals surface area contributed by atoms with Gasteiger partial charge in [0, 0.05) is 18.5 Å². The molecule has 0 fully saturated rings. The van der Waals surface area contributed by atoms with Crippen molar-refractivity contribution in [3.8, 4) is 11.5 Å². The third kappa shape index (κ3) is 2.30. The predicted octanol–water partition coefficient (Wildman–Crippen LogP) is 1.82. The molecule has 1 aliphatic rings. The van der Waals surface area contributed by atoms with E-state index < -0.39 is 0 Å². The first-order chi connectivity index (χ1) is 7.42. The summed E-state index contributed by atoms with van der Waals surface area (Å²) in [4.78, 5) is 0. The van der Waals surface area contributed by atoms with Gasteiger partial charge in [0.05, 0.1) is 13.2 Å². The summed E-state index contributed by atoms with van der Waals surface area (Å²) >= 11 is 0. The van der Waals surface area contributed by atoms with E-state index in [9.17, 15) is 0 Å². The highest BCUT2D eigenvalue weighted by Crippen LogP contribution is 2.33. The number of benzene rings is 1. The second-order valence-corrected chi connectivity index (χ2v) is 3.36. The fourth-order valence-corrected chi connectivity index (χ4v) is 1.54. The zero-order valence-corrected chi connectivity index (χ0v) is 8.61. The standard InChI is InChI=1S/C12H15NO2/c13-7-2-5-10-4-1-6-11-12(10)15-9-3-8-14-11/h1-2,4-6H,3,7-9,13H2/b5-2+. The highest BCUT2D eigenvalue weighted by atomic mass is 16.5. The highest BCUT2D eigenvalue weighted by molar-refractivity contribution is 5.62. The SMILES string of the molecule is NC/C=C/c1cccc2c1OCCCO2. The lowest BCUT2D eigenvalue weighted by atomic mass is 10.1.